The number of amides is 2. The molecule has 0 aromatic heterocycles. The molecule has 1 fully saturated rings. The number of rotatable bonds is 4. The summed E-state index contributed by atoms with van der Waals surface area (Å²) in [7, 11) is 0. The van der Waals surface area contributed by atoms with E-state index in [4.69, 9.17) is 5.73 Å². The number of nitrogens with two attached hydrogens (primary N) is 1. The van der Waals surface area contributed by atoms with Gasteiger partial charge in [-0.3, -0.25) is 0 Å². The van der Waals surface area contributed by atoms with Crippen molar-refractivity contribution in [1.82, 2.24) is 10.2 Å². The molecule has 13 heavy (non-hydrogen) atoms. The van der Waals surface area contributed by atoms with E-state index in [0.29, 0.717) is 6.54 Å². The lowest BCUT2D eigenvalue weighted by Gasteiger charge is -2.34. The second kappa shape index (κ2) is 5.07. The normalized spacial score (nSPS) is 19.8. The Morgan fingerprint density at radius 1 is 1.69 bits per heavy atom. The topological polar surface area (TPSA) is 58.4 Å². The van der Waals surface area contributed by atoms with Gasteiger partial charge in [-0.1, -0.05) is 13.3 Å². The first-order chi connectivity index (χ1) is 6.29. The third-order valence-corrected chi connectivity index (χ3v) is 2.45. The Morgan fingerprint density at radius 2 is 2.46 bits per heavy atom. The summed E-state index contributed by atoms with van der Waals surface area (Å²) < 4.78 is 0. The predicted molar refractivity (Wildman–Crippen MR) is 52.5 cm³/mol. The van der Waals surface area contributed by atoms with Crippen LogP contribution >= 0.6 is 0 Å². The van der Waals surface area contributed by atoms with Crippen molar-refractivity contribution < 1.29 is 4.79 Å². The van der Waals surface area contributed by atoms with Crippen LogP contribution in [0.1, 0.15) is 26.2 Å². The molecule has 0 saturated carbocycles. The summed E-state index contributed by atoms with van der Waals surface area (Å²) >= 11 is 0. The predicted octanol–water partition coefficient (Wildman–Crippen LogP) is 0.529. The second-order valence-electron chi connectivity index (χ2n) is 3.46. The van der Waals surface area contributed by atoms with Crippen LogP contribution < -0.4 is 11.1 Å². The van der Waals surface area contributed by atoms with Gasteiger partial charge in [0.15, 0.2) is 0 Å². The molecule has 1 unspecified atom stereocenters. The molecule has 1 atom stereocenters. The summed E-state index contributed by atoms with van der Waals surface area (Å²) in [6, 6.07) is 0.278. The van der Waals surface area contributed by atoms with Gasteiger partial charge in [0.1, 0.15) is 0 Å². The van der Waals surface area contributed by atoms with Gasteiger partial charge >= 0.3 is 6.03 Å². The van der Waals surface area contributed by atoms with Crippen molar-refractivity contribution in [2.45, 2.75) is 32.2 Å². The van der Waals surface area contributed by atoms with Crippen LogP contribution in [0.15, 0.2) is 0 Å². The van der Waals surface area contributed by atoms with E-state index in [2.05, 4.69) is 12.2 Å². The minimum atomic E-state index is 0.0511. The van der Waals surface area contributed by atoms with E-state index >= 15 is 0 Å². The fourth-order valence-electron chi connectivity index (χ4n) is 1.73. The number of urea groups is 1. The third kappa shape index (κ3) is 2.59. The van der Waals surface area contributed by atoms with Gasteiger partial charge in [0.2, 0.25) is 0 Å². The lowest BCUT2D eigenvalue weighted by molar-refractivity contribution is 0.159. The van der Waals surface area contributed by atoms with E-state index in [-0.39, 0.29) is 12.1 Å². The number of carbonyl (C=O) groups is 1. The van der Waals surface area contributed by atoms with E-state index in [1.165, 1.54) is 0 Å². The molecule has 1 heterocycles. The van der Waals surface area contributed by atoms with Gasteiger partial charge < -0.3 is 16.0 Å². The number of carbonyl (C=O) groups excluding carboxylic acids is 1. The highest BCUT2D eigenvalue weighted by Crippen LogP contribution is 2.09. The van der Waals surface area contributed by atoms with E-state index in [1.807, 2.05) is 4.90 Å². The molecule has 76 valence electrons. The lowest BCUT2D eigenvalue weighted by atomic mass is 10.1. The van der Waals surface area contributed by atoms with Gasteiger partial charge in [-0.05, 0) is 12.8 Å². The van der Waals surface area contributed by atoms with E-state index < -0.39 is 0 Å². The van der Waals surface area contributed by atoms with Crippen molar-refractivity contribution in [1.29, 1.82) is 0 Å². The molecule has 0 aromatic rings. The van der Waals surface area contributed by atoms with Gasteiger partial charge in [0, 0.05) is 25.7 Å². The van der Waals surface area contributed by atoms with Gasteiger partial charge in [-0.2, -0.15) is 0 Å². The molecular weight excluding hydrogens is 166 g/mol. The Morgan fingerprint density at radius 3 is 3.00 bits per heavy atom. The Balaban J connectivity index is 2.49. The monoisotopic (exact) mass is 185 g/mol. The smallest absolute Gasteiger partial charge is 0.317 e. The SMILES string of the molecule is CCCC(CN)N1CCCNC1=O. The minimum Gasteiger partial charge on any atom is -0.338 e. The van der Waals surface area contributed by atoms with Crippen LogP contribution in [-0.2, 0) is 0 Å². The van der Waals surface area contributed by atoms with Gasteiger partial charge in [-0.15, -0.1) is 0 Å². The summed E-state index contributed by atoms with van der Waals surface area (Å²) in [5.74, 6) is 0. The van der Waals surface area contributed by atoms with E-state index in [1.54, 1.807) is 0 Å². The van der Waals surface area contributed by atoms with Crippen molar-refractivity contribution in [2.75, 3.05) is 19.6 Å². The maximum Gasteiger partial charge on any atom is 0.317 e. The Hall–Kier alpha value is -0.770. The first-order valence-electron chi connectivity index (χ1n) is 5.04. The highest BCUT2D eigenvalue weighted by molar-refractivity contribution is 5.75. The first-order valence-corrected chi connectivity index (χ1v) is 5.04. The summed E-state index contributed by atoms with van der Waals surface area (Å²) in [6.45, 7) is 4.35. The molecule has 1 rings (SSSR count). The Kier molecular flexibility index (Phi) is 4.02. The first kappa shape index (κ1) is 10.3. The van der Waals surface area contributed by atoms with E-state index in [9.17, 15) is 4.79 Å². The molecule has 0 spiro atoms. The molecule has 0 bridgehead atoms. The number of hydrogen-bond acceptors (Lipinski definition) is 2. The standard InChI is InChI=1S/C9H19N3O/c1-2-4-8(7-10)12-6-3-5-11-9(12)13/h8H,2-7,10H2,1H3,(H,11,13). The summed E-state index contributed by atoms with van der Waals surface area (Å²) in [4.78, 5) is 13.3. The molecule has 0 aliphatic carbocycles. The van der Waals surface area contributed by atoms with Gasteiger partial charge in [0.05, 0.1) is 0 Å². The maximum absolute atomic E-state index is 11.4. The summed E-state index contributed by atoms with van der Waals surface area (Å²) in [5.41, 5.74) is 5.63. The molecule has 0 aromatic carbocycles. The van der Waals surface area contributed by atoms with Crippen molar-refractivity contribution in [3.63, 3.8) is 0 Å². The number of nitrogens with one attached hydrogen (secondary N) is 1. The van der Waals surface area contributed by atoms with Crippen molar-refractivity contribution in [3.05, 3.63) is 0 Å². The molecule has 1 aliphatic heterocycles. The second-order valence-corrected chi connectivity index (χ2v) is 3.46. The van der Waals surface area contributed by atoms with Crippen LogP contribution in [0.4, 0.5) is 4.79 Å². The highest BCUT2D eigenvalue weighted by atomic mass is 16.2. The fourth-order valence-corrected chi connectivity index (χ4v) is 1.73. The average Bonchev–Trinajstić information content (AvgIpc) is 2.16. The third-order valence-electron chi connectivity index (χ3n) is 2.45. The molecule has 4 heteroatoms. The number of nitrogens with zero attached hydrogens (tertiary/aromatic N) is 1. The molecule has 2 amide bonds. The van der Waals surface area contributed by atoms with Crippen LogP contribution in [-0.4, -0.2) is 36.6 Å². The zero-order valence-corrected chi connectivity index (χ0v) is 8.25. The van der Waals surface area contributed by atoms with Crippen LogP contribution in [0.25, 0.3) is 0 Å². The zero-order valence-electron chi connectivity index (χ0n) is 8.25. The Labute approximate surface area is 79.5 Å². The Bertz CT molecular complexity index is 172. The largest absolute Gasteiger partial charge is 0.338 e. The highest BCUT2D eigenvalue weighted by Gasteiger charge is 2.23. The van der Waals surface area contributed by atoms with E-state index in [0.717, 1.165) is 32.4 Å². The maximum atomic E-state index is 11.4. The summed E-state index contributed by atoms with van der Waals surface area (Å²) in [6.07, 6.45) is 3.11. The zero-order chi connectivity index (χ0) is 9.68. The van der Waals surface area contributed by atoms with Gasteiger partial charge in [0.25, 0.3) is 0 Å². The molecule has 1 aliphatic rings. The quantitative estimate of drug-likeness (QED) is 0.671. The molecule has 1 saturated heterocycles. The van der Waals surface area contributed by atoms with Crippen molar-refractivity contribution in [2.24, 2.45) is 5.73 Å². The molecule has 0 radical (unpaired) electrons. The summed E-state index contributed by atoms with van der Waals surface area (Å²) in [5, 5.41) is 2.84. The lowest BCUT2D eigenvalue weighted by Crippen LogP contribution is -2.53. The average molecular weight is 185 g/mol. The molecule has 3 N–H and O–H groups in total. The van der Waals surface area contributed by atoms with Gasteiger partial charge in [-0.25, -0.2) is 4.79 Å². The van der Waals surface area contributed by atoms with Crippen molar-refractivity contribution in [3.8, 4) is 0 Å². The van der Waals surface area contributed by atoms with Crippen LogP contribution in [0.5, 0.6) is 0 Å². The van der Waals surface area contributed by atoms with Crippen LogP contribution in [0.2, 0.25) is 0 Å². The molecule has 4 nitrogen and oxygen atoms in total. The van der Waals surface area contributed by atoms with Crippen LogP contribution in [0, 0.1) is 0 Å². The molecular formula is C9H19N3O. The number of hydrogen-bond donors (Lipinski definition) is 2. The minimum absolute atomic E-state index is 0.0511. The van der Waals surface area contributed by atoms with Crippen molar-refractivity contribution >= 4 is 6.03 Å². The van der Waals surface area contributed by atoms with Crippen LogP contribution in [0.3, 0.4) is 0 Å². The fraction of sp³-hybridized carbons (Fsp3) is 0.889.